The zero-order valence-corrected chi connectivity index (χ0v) is 13.5. The second kappa shape index (κ2) is 5.28. The van der Waals surface area contributed by atoms with Crippen LogP contribution in [0, 0.1) is 0 Å². The summed E-state index contributed by atoms with van der Waals surface area (Å²) in [6.07, 6.45) is 7.73. The van der Waals surface area contributed by atoms with Gasteiger partial charge in [0.1, 0.15) is 5.65 Å². The standard InChI is InChI=1S/C20H13N3S/c1-2-4-13(5-3-1)15-8-16-17(11-23-20(16)22-10-15)18-9-14-6-7-21-12-19(14)24-18/h1-12H,(H,22,23). The summed E-state index contributed by atoms with van der Waals surface area (Å²) in [7, 11) is 0. The van der Waals surface area contributed by atoms with E-state index in [9.17, 15) is 0 Å². The third-order valence-electron chi connectivity index (χ3n) is 4.23. The molecular formula is C20H13N3S. The summed E-state index contributed by atoms with van der Waals surface area (Å²) < 4.78 is 1.20. The van der Waals surface area contributed by atoms with Crippen LogP contribution < -0.4 is 0 Å². The molecular weight excluding hydrogens is 314 g/mol. The number of rotatable bonds is 2. The summed E-state index contributed by atoms with van der Waals surface area (Å²) in [6, 6.07) is 16.8. The number of benzene rings is 1. The molecule has 0 fully saturated rings. The van der Waals surface area contributed by atoms with Crippen LogP contribution in [0.2, 0.25) is 0 Å². The van der Waals surface area contributed by atoms with E-state index in [4.69, 9.17) is 0 Å². The third kappa shape index (κ3) is 2.12. The minimum Gasteiger partial charge on any atom is -0.345 e. The fourth-order valence-corrected chi connectivity index (χ4v) is 4.07. The lowest BCUT2D eigenvalue weighted by molar-refractivity contribution is 1.33. The third-order valence-corrected chi connectivity index (χ3v) is 5.35. The van der Waals surface area contributed by atoms with Crippen LogP contribution in [0.1, 0.15) is 0 Å². The number of fused-ring (bicyclic) bond motifs is 2. The quantitative estimate of drug-likeness (QED) is 0.465. The Morgan fingerprint density at radius 3 is 2.71 bits per heavy atom. The van der Waals surface area contributed by atoms with Crippen molar-refractivity contribution in [3.63, 3.8) is 0 Å². The van der Waals surface area contributed by atoms with Crippen molar-refractivity contribution in [1.82, 2.24) is 15.0 Å². The molecule has 0 saturated heterocycles. The molecule has 0 radical (unpaired) electrons. The first-order chi connectivity index (χ1) is 11.9. The van der Waals surface area contributed by atoms with Gasteiger partial charge in [-0.15, -0.1) is 11.3 Å². The van der Waals surface area contributed by atoms with Crippen LogP contribution in [0.25, 0.3) is 42.7 Å². The molecule has 0 amide bonds. The summed E-state index contributed by atoms with van der Waals surface area (Å²) in [6.45, 7) is 0. The molecule has 0 bridgehead atoms. The molecule has 0 spiro atoms. The molecule has 4 aromatic heterocycles. The minimum atomic E-state index is 0.917. The predicted molar refractivity (Wildman–Crippen MR) is 100 cm³/mol. The van der Waals surface area contributed by atoms with Gasteiger partial charge in [0.05, 0.1) is 4.70 Å². The van der Waals surface area contributed by atoms with Crippen LogP contribution in [0.3, 0.4) is 0 Å². The van der Waals surface area contributed by atoms with E-state index in [0.29, 0.717) is 0 Å². The van der Waals surface area contributed by atoms with Gasteiger partial charge in [0.15, 0.2) is 0 Å². The van der Waals surface area contributed by atoms with Crippen LogP contribution >= 0.6 is 11.3 Å². The molecule has 1 N–H and O–H groups in total. The van der Waals surface area contributed by atoms with E-state index in [-0.39, 0.29) is 0 Å². The van der Waals surface area contributed by atoms with E-state index < -0.39 is 0 Å². The highest BCUT2D eigenvalue weighted by molar-refractivity contribution is 7.22. The zero-order chi connectivity index (χ0) is 15.9. The second-order valence-corrected chi connectivity index (χ2v) is 6.80. The van der Waals surface area contributed by atoms with Gasteiger partial charge in [0.25, 0.3) is 0 Å². The van der Waals surface area contributed by atoms with Gasteiger partial charge in [-0.1, -0.05) is 30.3 Å². The Morgan fingerprint density at radius 2 is 1.83 bits per heavy atom. The lowest BCUT2D eigenvalue weighted by Crippen LogP contribution is -1.81. The summed E-state index contributed by atoms with van der Waals surface area (Å²) in [4.78, 5) is 13.3. The molecule has 5 aromatic rings. The largest absolute Gasteiger partial charge is 0.345 e. The van der Waals surface area contributed by atoms with Crippen molar-refractivity contribution in [2.45, 2.75) is 0 Å². The van der Waals surface area contributed by atoms with Crippen LogP contribution in [0.15, 0.2) is 73.3 Å². The van der Waals surface area contributed by atoms with Crippen LogP contribution in [-0.4, -0.2) is 15.0 Å². The Kier molecular flexibility index (Phi) is 2.96. The fourth-order valence-electron chi connectivity index (χ4n) is 3.01. The number of hydrogen-bond acceptors (Lipinski definition) is 3. The summed E-state index contributed by atoms with van der Waals surface area (Å²) in [5, 5.41) is 2.38. The SMILES string of the molecule is c1ccc(-c2cnc3[nH]cc(-c4cc5ccncc5s4)c3c2)cc1. The van der Waals surface area contributed by atoms with Crippen LogP contribution in [-0.2, 0) is 0 Å². The van der Waals surface area contributed by atoms with E-state index in [1.807, 2.05) is 30.9 Å². The Labute approximate surface area is 142 Å². The van der Waals surface area contributed by atoms with E-state index >= 15 is 0 Å². The zero-order valence-electron chi connectivity index (χ0n) is 12.7. The van der Waals surface area contributed by atoms with Crippen molar-refractivity contribution in [2.24, 2.45) is 0 Å². The molecule has 0 unspecified atom stereocenters. The maximum Gasteiger partial charge on any atom is 0.137 e. The molecule has 1 aromatic carbocycles. The number of nitrogens with one attached hydrogen (secondary N) is 1. The van der Waals surface area contributed by atoms with Gasteiger partial charge in [0, 0.05) is 46.2 Å². The van der Waals surface area contributed by atoms with Crippen LogP contribution in [0.4, 0.5) is 0 Å². The highest BCUT2D eigenvalue weighted by atomic mass is 32.1. The topological polar surface area (TPSA) is 41.6 Å². The normalized spacial score (nSPS) is 11.3. The van der Waals surface area contributed by atoms with Gasteiger partial charge in [-0.3, -0.25) is 4.98 Å². The van der Waals surface area contributed by atoms with Crippen molar-refractivity contribution in [2.75, 3.05) is 0 Å². The Bertz CT molecular complexity index is 1120. The average molecular weight is 327 g/mol. The number of pyridine rings is 2. The van der Waals surface area contributed by atoms with Gasteiger partial charge in [0.2, 0.25) is 0 Å². The number of aromatic amines is 1. The Morgan fingerprint density at radius 1 is 0.917 bits per heavy atom. The highest BCUT2D eigenvalue weighted by Crippen LogP contribution is 2.37. The smallest absolute Gasteiger partial charge is 0.137 e. The molecule has 24 heavy (non-hydrogen) atoms. The second-order valence-electron chi connectivity index (χ2n) is 5.71. The first-order valence-corrected chi connectivity index (χ1v) is 8.57. The molecule has 4 heteroatoms. The molecule has 4 heterocycles. The van der Waals surface area contributed by atoms with Gasteiger partial charge >= 0.3 is 0 Å². The van der Waals surface area contributed by atoms with Gasteiger partial charge in [-0.25, -0.2) is 4.98 Å². The van der Waals surface area contributed by atoms with E-state index in [1.165, 1.54) is 26.1 Å². The number of nitrogens with zero attached hydrogens (tertiary/aromatic N) is 2. The Hall–Kier alpha value is -2.98. The van der Waals surface area contributed by atoms with E-state index in [0.717, 1.165) is 16.6 Å². The first-order valence-electron chi connectivity index (χ1n) is 7.75. The Balaban J connectivity index is 1.71. The number of H-pyrrole nitrogens is 1. The number of aromatic nitrogens is 3. The van der Waals surface area contributed by atoms with Crippen molar-refractivity contribution < 1.29 is 0 Å². The highest BCUT2D eigenvalue weighted by Gasteiger charge is 2.11. The lowest BCUT2D eigenvalue weighted by Gasteiger charge is -2.02. The van der Waals surface area contributed by atoms with Gasteiger partial charge in [-0.05, 0) is 29.1 Å². The van der Waals surface area contributed by atoms with E-state index in [2.05, 4.69) is 57.4 Å². The summed E-state index contributed by atoms with van der Waals surface area (Å²) in [5.74, 6) is 0. The monoisotopic (exact) mass is 327 g/mol. The van der Waals surface area contributed by atoms with Crippen LogP contribution in [0.5, 0.6) is 0 Å². The molecule has 0 saturated carbocycles. The molecule has 5 rings (SSSR count). The maximum atomic E-state index is 4.59. The van der Waals surface area contributed by atoms with Crippen molar-refractivity contribution >= 4 is 32.5 Å². The van der Waals surface area contributed by atoms with Crippen molar-refractivity contribution in [3.8, 4) is 21.6 Å². The summed E-state index contributed by atoms with van der Waals surface area (Å²) in [5.41, 5.74) is 4.42. The number of thiophene rings is 1. The summed E-state index contributed by atoms with van der Waals surface area (Å²) >= 11 is 1.76. The molecule has 114 valence electrons. The average Bonchev–Trinajstić information content (AvgIpc) is 3.25. The molecule has 0 atom stereocenters. The van der Waals surface area contributed by atoms with Gasteiger partial charge in [-0.2, -0.15) is 0 Å². The fraction of sp³-hybridized carbons (Fsp3) is 0. The number of hydrogen-bond donors (Lipinski definition) is 1. The maximum absolute atomic E-state index is 4.59. The van der Waals surface area contributed by atoms with E-state index in [1.54, 1.807) is 11.3 Å². The molecule has 0 aliphatic heterocycles. The van der Waals surface area contributed by atoms with Gasteiger partial charge < -0.3 is 4.98 Å². The minimum absolute atomic E-state index is 0.917. The predicted octanol–water partition coefficient (Wildman–Crippen LogP) is 5.51. The molecule has 3 nitrogen and oxygen atoms in total. The first kappa shape index (κ1) is 13.5. The molecule has 0 aliphatic rings. The molecule has 0 aliphatic carbocycles. The van der Waals surface area contributed by atoms with Crippen molar-refractivity contribution in [1.29, 1.82) is 0 Å². The lowest BCUT2D eigenvalue weighted by atomic mass is 10.1. The van der Waals surface area contributed by atoms with Crippen molar-refractivity contribution in [3.05, 3.63) is 73.3 Å².